The standard InChI is InChI=1S/C18H19N/c1-3-15-9-6-10-16-11-12-19(18(15)16)13-17-8-5-4-7-14(17)2/h4-12H,3,13H2,1-2H3. The van der Waals surface area contributed by atoms with Crippen LogP contribution >= 0.6 is 0 Å². The molecular weight excluding hydrogens is 230 g/mol. The third-order valence-corrected chi connectivity index (χ3v) is 3.85. The number of aromatic nitrogens is 1. The maximum Gasteiger partial charge on any atom is 0.0515 e. The van der Waals surface area contributed by atoms with E-state index in [-0.39, 0.29) is 0 Å². The number of para-hydroxylation sites is 1. The Bertz CT molecular complexity index is 707. The van der Waals surface area contributed by atoms with Gasteiger partial charge in [0.25, 0.3) is 0 Å². The Morgan fingerprint density at radius 2 is 1.68 bits per heavy atom. The molecule has 0 unspecified atom stereocenters. The quantitative estimate of drug-likeness (QED) is 0.641. The van der Waals surface area contributed by atoms with Crippen molar-refractivity contribution in [3.63, 3.8) is 0 Å². The van der Waals surface area contributed by atoms with E-state index >= 15 is 0 Å². The number of fused-ring (bicyclic) bond motifs is 1. The van der Waals surface area contributed by atoms with Crippen LogP contribution in [0.15, 0.2) is 54.7 Å². The van der Waals surface area contributed by atoms with Gasteiger partial charge in [0, 0.05) is 12.7 Å². The minimum atomic E-state index is 0.952. The largest absolute Gasteiger partial charge is 0.343 e. The van der Waals surface area contributed by atoms with E-state index in [0.717, 1.165) is 13.0 Å². The van der Waals surface area contributed by atoms with Gasteiger partial charge in [0.1, 0.15) is 0 Å². The molecule has 1 nitrogen and oxygen atoms in total. The minimum absolute atomic E-state index is 0.952. The molecule has 0 saturated heterocycles. The molecule has 0 aliphatic carbocycles. The lowest BCUT2D eigenvalue weighted by atomic mass is 10.1. The SMILES string of the molecule is CCc1cccc2ccn(Cc3ccccc3C)c12. The van der Waals surface area contributed by atoms with E-state index in [2.05, 4.69) is 73.1 Å². The molecule has 0 bridgehead atoms. The first kappa shape index (κ1) is 12.0. The maximum absolute atomic E-state index is 2.37. The van der Waals surface area contributed by atoms with E-state index in [1.807, 2.05) is 0 Å². The molecule has 19 heavy (non-hydrogen) atoms. The fourth-order valence-electron chi connectivity index (χ4n) is 2.73. The van der Waals surface area contributed by atoms with Crippen LogP contribution in [0, 0.1) is 6.92 Å². The number of benzene rings is 2. The van der Waals surface area contributed by atoms with Crippen LogP contribution in [0.3, 0.4) is 0 Å². The summed E-state index contributed by atoms with van der Waals surface area (Å²) in [7, 11) is 0. The summed E-state index contributed by atoms with van der Waals surface area (Å²) in [6.45, 7) is 5.36. The molecule has 0 aliphatic heterocycles. The Labute approximate surface area is 114 Å². The van der Waals surface area contributed by atoms with Gasteiger partial charge in [-0.15, -0.1) is 0 Å². The highest BCUT2D eigenvalue weighted by atomic mass is 15.0. The molecule has 3 aromatic rings. The highest BCUT2D eigenvalue weighted by Crippen LogP contribution is 2.22. The van der Waals surface area contributed by atoms with Gasteiger partial charge < -0.3 is 4.57 Å². The van der Waals surface area contributed by atoms with Crippen molar-refractivity contribution >= 4 is 10.9 Å². The van der Waals surface area contributed by atoms with Crippen LogP contribution in [0.2, 0.25) is 0 Å². The monoisotopic (exact) mass is 249 g/mol. The van der Waals surface area contributed by atoms with E-state index in [1.165, 1.54) is 27.6 Å². The van der Waals surface area contributed by atoms with Crippen LogP contribution < -0.4 is 0 Å². The fraction of sp³-hybridized carbons (Fsp3) is 0.222. The van der Waals surface area contributed by atoms with Gasteiger partial charge in [0.15, 0.2) is 0 Å². The average molecular weight is 249 g/mol. The molecule has 0 radical (unpaired) electrons. The number of hydrogen-bond donors (Lipinski definition) is 0. The van der Waals surface area contributed by atoms with Gasteiger partial charge in [-0.25, -0.2) is 0 Å². The molecule has 96 valence electrons. The Hall–Kier alpha value is -2.02. The van der Waals surface area contributed by atoms with Gasteiger partial charge in [-0.1, -0.05) is 49.4 Å². The number of aryl methyl sites for hydroxylation is 2. The number of rotatable bonds is 3. The van der Waals surface area contributed by atoms with Crippen molar-refractivity contribution in [3.05, 3.63) is 71.4 Å². The number of hydrogen-bond acceptors (Lipinski definition) is 0. The summed E-state index contributed by atoms with van der Waals surface area (Å²) in [4.78, 5) is 0. The van der Waals surface area contributed by atoms with E-state index in [1.54, 1.807) is 0 Å². The molecule has 1 aromatic heterocycles. The van der Waals surface area contributed by atoms with Crippen molar-refractivity contribution in [1.82, 2.24) is 4.57 Å². The van der Waals surface area contributed by atoms with Gasteiger partial charge in [-0.3, -0.25) is 0 Å². The minimum Gasteiger partial charge on any atom is -0.343 e. The van der Waals surface area contributed by atoms with Crippen molar-refractivity contribution in [2.24, 2.45) is 0 Å². The fourth-order valence-corrected chi connectivity index (χ4v) is 2.73. The van der Waals surface area contributed by atoms with Gasteiger partial charge in [0.05, 0.1) is 5.52 Å². The second-order valence-electron chi connectivity index (χ2n) is 5.08. The molecule has 0 N–H and O–H groups in total. The first-order valence-corrected chi connectivity index (χ1v) is 6.91. The molecule has 0 atom stereocenters. The maximum atomic E-state index is 2.37. The van der Waals surface area contributed by atoms with Crippen molar-refractivity contribution in [3.8, 4) is 0 Å². The highest BCUT2D eigenvalue weighted by molar-refractivity contribution is 5.83. The summed E-state index contributed by atoms with van der Waals surface area (Å²) in [5, 5.41) is 1.34. The lowest BCUT2D eigenvalue weighted by Crippen LogP contribution is -2.01. The average Bonchev–Trinajstić information content (AvgIpc) is 2.85. The van der Waals surface area contributed by atoms with E-state index in [9.17, 15) is 0 Å². The molecule has 1 heterocycles. The molecule has 0 amide bonds. The van der Waals surface area contributed by atoms with Crippen molar-refractivity contribution in [1.29, 1.82) is 0 Å². The van der Waals surface area contributed by atoms with E-state index in [4.69, 9.17) is 0 Å². The molecule has 3 rings (SSSR count). The third kappa shape index (κ3) is 2.17. The molecule has 1 heteroatoms. The van der Waals surface area contributed by atoms with Crippen LogP contribution in [0.5, 0.6) is 0 Å². The predicted octanol–water partition coefficient (Wildman–Crippen LogP) is 4.56. The van der Waals surface area contributed by atoms with Crippen molar-refractivity contribution in [2.45, 2.75) is 26.8 Å². The van der Waals surface area contributed by atoms with Crippen molar-refractivity contribution in [2.75, 3.05) is 0 Å². The lowest BCUT2D eigenvalue weighted by molar-refractivity contribution is 0.825. The van der Waals surface area contributed by atoms with E-state index < -0.39 is 0 Å². The smallest absolute Gasteiger partial charge is 0.0515 e. The predicted molar refractivity (Wildman–Crippen MR) is 81.6 cm³/mol. The molecule has 0 spiro atoms. The first-order chi connectivity index (χ1) is 9.29. The number of nitrogens with zero attached hydrogens (tertiary/aromatic N) is 1. The summed E-state index contributed by atoms with van der Waals surface area (Å²) in [6, 6.07) is 17.4. The Morgan fingerprint density at radius 3 is 2.47 bits per heavy atom. The second-order valence-corrected chi connectivity index (χ2v) is 5.08. The van der Waals surface area contributed by atoms with E-state index in [0.29, 0.717) is 0 Å². The van der Waals surface area contributed by atoms with Crippen LogP contribution in [0.25, 0.3) is 10.9 Å². The Balaban J connectivity index is 2.09. The normalized spacial score (nSPS) is 11.1. The van der Waals surface area contributed by atoms with Crippen LogP contribution in [-0.2, 0) is 13.0 Å². The molecule has 2 aromatic carbocycles. The summed E-state index contributed by atoms with van der Waals surface area (Å²) < 4.78 is 2.37. The topological polar surface area (TPSA) is 4.93 Å². The van der Waals surface area contributed by atoms with Gasteiger partial charge in [-0.2, -0.15) is 0 Å². The van der Waals surface area contributed by atoms with Crippen LogP contribution in [-0.4, -0.2) is 4.57 Å². The first-order valence-electron chi connectivity index (χ1n) is 6.91. The second kappa shape index (κ2) is 4.93. The van der Waals surface area contributed by atoms with Crippen molar-refractivity contribution < 1.29 is 0 Å². The van der Waals surface area contributed by atoms with Gasteiger partial charge in [-0.05, 0) is 41.5 Å². The summed E-state index contributed by atoms with van der Waals surface area (Å²) in [5.74, 6) is 0. The summed E-state index contributed by atoms with van der Waals surface area (Å²) in [5.41, 5.74) is 5.56. The molecular formula is C18H19N. The summed E-state index contributed by atoms with van der Waals surface area (Å²) >= 11 is 0. The zero-order valence-corrected chi connectivity index (χ0v) is 11.6. The zero-order valence-electron chi connectivity index (χ0n) is 11.6. The van der Waals surface area contributed by atoms with Crippen LogP contribution in [0.4, 0.5) is 0 Å². The Morgan fingerprint density at radius 1 is 0.895 bits per heavy atom. The summed E-state index contributed by atoms with van der Waals surface area (Å²) in [6.07, 6.45) is 3.28. The zero-order chi connectivity index (χ0) is 13.2. The molecule has 0 fully saturated rings. The van der Waals surface area contributed by atoms with Gasteiger partial charge in [0.2, 0.25) is 0 Å². The molecule has 0 saturated carbocycles. The lowest BCUT2D eigenvalue weighted by Gasteiger charge is -2.11. The highest BCUT2D eigenvalue weighted by Gasteiger charge is 2.06. The Kier molecular flexibility index (Phi) is 3.12. The van der Waals surface area contributed by atoms with Crippen LogP contribution in [0.1, 0.15) is 23.6 Å². The van der Waals surface area contributed by atoms with Gasteiger partial charge >= 0.3 is 0 Å². The molecule has 0 aliphatic rings. The third-order valence-electron chi connectivity index (χ3n) is 3.85.